The van der Waals surface area contributed by atoms with Gasteiger partial charge in [0.05, 0.1) is 6.61 Å². The summed E-state index contributed by atoms with van der Waals surface area (Å²) in [4.78, 5) is 2.34. The topological polar surface area (TPSA) is 35.5 Å². The van der Waals surface area contributed by atoms with Crippen LogP contribution in [-0.4, -0.2) is 48.8 Å². The van der Waals surface area contributed by atoms with E-state index in [1.165, 1.54) is 0 Å². The van der Waals surface area contributed by atoms with Gasteiger partial charge in [-0.15, -0.1) is 0 Å². The fourth-order valence-corrected chi connectivity index (χ4v) is 1.96. The van der Waals surface area contributed by atoms with Crippen LogP contribution in [0.2, 0.25) is 0 Å². The van der Waals surface area contributed by atoms with Crippen LogP contribution in [0.5, 0.6) is 0 Å². The lowest BCUT2D eigenvalue weighted by atomic mass is 9.96. The largest absolute Gasteiger partial charge is 0.395 e. The summed E-state index contributed by atoms with van der Waals surface area (Å²) in [6, 6.07) is 0.660. The van der Waals surface area contributed by atoms with Gasteiger partial charge in [0.15, 0.2) is 0 Å². The minimum Gasteiger partial charge on any atom is -0.395 e. The predicted octanol–water partition coefficient (Wildman–Crippen LogP) is 1.71. The zero-order valence-corrected chi connectivity index (χ0v) is 11.9. The number of rotatable bonds is 7. The van der Waals surface area contributed by atoms with Gasteiger partial charge < -0.3 is 15.3 Å². The van der Waals surface area contributed by atoms with E-state index in [2.05, 4.69) is 51.9 Å². The molecule has 0 saturated heterocycles. The molecule has 0 bridgehead atoms. The normalized spacial score (nSPS) is 14.8. The lowest BCUT2D eigenvalue weighted by Crippen LogP contribution is -2.40. The van der Waals surface area contributed by atoms with E-state index in [9.17, 15) is 5.11 Å². The van der Waals surface area contributed by atoms with Crippen LogP contribution in [0.15, 0.2) is 0 Å². The molecule has 0 aliphatic rings. The van der Waals surface area contributed by atoms with E-state index in [1.54, 1.807) is 0 Å². The summed E-state index contributed by atoms with van der Waals surface area (Å²) in [5, 5.41) is 12.6. The monoisotopic (exact) mass is 230 g/mol. The van der Waals surface area contributed by atoms with E-state index in [1.807, 2.05) is 0 Å². The standard InChI is InChI=1S/C13H30N2O/c1-11(2)14-12(9-16)7-8-15(6)10-13(3,4)5/h11-12,14,16H,7-10H2,1-6H3. The fraction of sp³-hybridized carbons (Fsp3) is 1.00. The third kappa shape index (κ3) is 9.13. The molecule has 0 aromatic carbocycles. The number of nitrogens with zero attached hydrogens (tertiary/aromatic N) is 1. The summed E-state index contributed by atoms with van der Waals surface area (Å²) >= 11 is 0. The lowest BCUT2D eigenvalue weighted by molar-refractivity contribution is 0.188. The molecular weight excluding hydrogens is 200 g/mol. The van der Waals surface area contributed by atoms with Crippen LogP contribution >= 0.6 is 0 Å². The highest BCUT2D eigenvalue weighted by molar-refractivity contribution is 4.72. The Morgan fingerprint density at radius 2 is 1.81 bits per heavy atom. The zero-order chi connectivity index (χ0) is 12.8. The third-order valence-corrected chi connectivity index (χ3v) is 2.39. The molecular formula is C13H30N2O. The van der Waals surface area contributed by atoms with Crippen molar-refractivity contribution in [1.82, 2.24) is 10.2 Å². The highest BCUT2D eigenvalue weighted by Crippen LogP contribution is 2.14. The Kier molecular flexibility index (Phi) is 7.20. The maximum atomic E-state index is 9.24. The molecule has 3 heteroatoms. The number of nitrogens with one attached hydrogen (secondary N) is 1. The second kappa shape index (κ2) is 7.25. The van der Waals surface area contributed by atoms with Gasteiger partial charge >= 0.3 is 0 Å². The van der Waals surface area contributed by atoms with E-state index in [0.717, 1.165) is 19.5 Å². The van der Waals surface area contributed by atoms with Gasteiger partial charge in [0.25, 0.3) is 0 Å². The first-order valence-corrected chi connectivity index (χ1v) is 6.30. The second-order valence-electron chi connectivity index (χ2n) is 6.29. The van der Waals surface area contributed by atoms with Crippen molar-refractivity contribution in [3.63, 3.8) is 0 Å². The zero-order valence-electron chi connectivity index (χ0n) is 11.9. The summed E-state index contributed by atoms with van der Waals surface area (Å²) in [7, 11) is 2.15. The van der Waals surface area contributed by atoms with Gasteiger partial charge in [0.2, 0.25) is 0 Å². The Morgan fingerprint density at radius 3 is 2.19 bits per heavy atom. The van der Waals surface area contributed by atoms with Crippen LogP contribution in [-0.2, 0) is 0 Å². The van der Waals surface area contributed by atoms with Crippen molar-refractivity contribution < 1.29 is 5.11 Å². The van der Waals surface area contributed by atoms with E-state index < -0.39 is 0 Å². The molecule has 0 amide bonds. The highest BCUT2D eigenvalue weighted by Gasteiger charge is 2.15. The van der Waals surface area contributed by atoms with Gasteiger partial charge in [-0.05, 0) is 25.4 Å². The van der Waals surface area contributed by atoms with Crippen LogP contribution in [0.3, 0.4) is 0 Å². The molecule has 2 N–H and O–H groups in total. The summed E-state index contributed by atoms with van der Waals surface area (Å²) in [5.74, 6) is 0. The quantitative estimate of drug-likeness (QED) is 0.699. The minimum atomic E-state index is 0.224. The van der Waals surface area contributed by atoms with Gasteiger partial charge in [0.1, 0.15) is 0 Å². The molecule has 0 aliphatic heterocycles. The number of aliphatic hydroxyl groups is 1. The molecule has 0 rings (SSSR count). The molecule has 0 aromatic rings. The predicted molar refractivity (Wildman–Crippen MR) is 70.7 cm³/mol. The fourth-order valence-electron chi connectivity index (χ4n) is 1.96. The van der Waals surface area contributed by atoms with Gasteiger partial charge in [-0.1, -0.05) is 34.6 Å². The SMILES string of the molecule is CC(C)NC(CO)CCN(C)CC(C)(C)C. The third-order valence-electron chi connectivity index (χ3n) is 2.39. The second-order valence-corrected chi connectivity index (χ2v) is 6.29. The Hall–Kier alpha value is -0.120. The van der Waals surface area contributed by atoms with Gasteiger partial charge in [-0.3, -0.25) is 0 Å². The molecule has 0 heterocycles. The molecule has 0 saturated carbocycles. The van der Waals surface area contributed by atoms with Crippen LogP contribution in [0.25, 0.3) is 0 Å². The summed E-state index contributed by atoms with van der Waals surface area (Å²) in [5.41, 5.74) is 0.342. The first kappa shape index (κ1) is 15.9. The van der Waals surface area contributed by atoms with Gasteiger partial charge in [0, 0.05) is 18.6 Å². The average Bonchev–Trinajstić information content (AvgIpc) is 2.08. The Balaban J connectivity index is 3.83. The van der Waals surface area contributed by atoms with Crippen molar-refractivity contribution in [3.8, 4) is 0 Å². The maximum Gasteiger partial charge on any atom is 0.0585 e. The van der Waals surface area contributed by atoms with Gasteiger partial charge in [-0.25, -0.2) is 0 Å². The average molecular weight is 230 g/mol. The van der Waals surface area contributed by atoms with Crippen molar-refractivity contribution in [2.24, 2.45) is 5.41 Å². The van der Waals surface area contributed by atoms with Crippen LogP contribution < -0.4 is 5.32 Å². The van der Waals surface area contributed by atoms with Crippen LogP contribution in [0.1, 0.15) is 41.0 Å². The van der Waals surface area contributed by atoms with E-state index in [4.69, 9.17) is 0 Å². The Morgan fingerprint density at radius 1 is 1.25 bits per heavy atom. The van der Waals surface area contributed by atoms with Crippen molar-refractivity contribution in [2.75, 3.05) is 26.7 Å². The van der Waals surface area contributed by atoms with Gasteiger partial charge in [-0.2, -0.15) is 0 Å². The maximum absolute atomic E-state index is 9.24. The number of hydrogen-bond acceptors (Lipinski definition) is 3. The van der Waals surface area contributed by atoms with Crippen molar-refractivity contribution in [2.45, 2.75) is 53.1 Å². The molecule has 0 fully saturated rings. The molecule has 1 atom stereocenters. The molecule has 16 heavy (non-hydrogen) atoms. The molecule has 3 nitrogen and oxygen atoms in total. The number of aliphatic hydroxyl groups excluding tert-OH is 1. The summed E-state index contributed by atoms with van der Waals surface area (Å²) in [6.45, 7) is 13.3. The summed E-state index contributed by atoms with van der Waals surface area (Å²) < 4.78 is 0. The smallest absolute Gasteiger partial charge is 0.0585 e. The van der Waals surface area contributed by atoms with E-state index >= 15 is 0 Å². The number of hydrogen-bond donors (Lipinski definition) is 2. The highest BCUT2D eigenvalue weighted by atomic mass is 16.3. The van der Waals surface area contributed by atoms with Crippen LogP contribution in [0.4, 0.5) is 0 Å². The van der Waals surface area contributed by atoms with Crippen molar-refractivity contribution in [1.29, 1.82) is 0 Å². The Labute approximate surface area is 101 Å². The molecule has 0 spiro atoms. The molecule has 0 aliphatic carbocycles. The van der Waals surface area contributed by atoms with E-state index in [-0.39, 0.29) is 12.6 Å². The molecule has 98 valence electrons. The first-order chi connectivity index (χ1) is 7.24. The first-order valence-electron chi connectivity index (χ1n) is 6.30. The molecule has 0 radical (unpaired) electrons. The molecule has 1 unspecified atom stereocenters. The van der Waals surface area contributed by atoms with Crippen molar-refractivity contribution in [3.05, 3.63) is 0 Å². The lowest BCUT2D eigenvalue weighted by Gasteiger charge is -2.28. The molecule has 0 aromatic heterocycles. The van der Waals surface area contributed by atoms with E-state index in [0.29, 0.717) is 11.5 Å². The summed E-state index contributed by atoms with van der Waals surface area (Å²) in [6.07, 6.45) is 1.00. The minimum absolute atomic E-state index is 0.224. The van der Waals surface area contributed by atoms with Crippen LogP contribution in [0, 0.1) is 5.41 Å². The van der Waals surface area contributed by atoms with Crippen molar-refractivity contribution >= 4 is 0 Å². The Bertz CT molecular complexity index is 175.